The second-order valence-corrected chi connectivity index (χ2v) is 9.10. The number of carbonyl (C=O) groups is 2. The van der Waals surface area contributed by atoms with Crippen LogP contribution in [0.15, 0.2) is 0 Å². The van der Waals surface area contributed by atoms with Gasteiger partial charge in [-0.3, -0.25) is 9.59 Å². The average Bonchev–Trinajstić information content (AvgIpc) is 2.42. The van der Waals surface area contributed by atoms with Gasteiger partial charge in [-0.15, -0.1) is 0 Å². The van der Waals surface area contributed by atoms with Gasteiger partial charge < -0.3 is 14.8 Å². The molecule has 0 aliphatic heterocycles. The average molecular weight is 320 g/mol. The van der Waals surface area contributed by atoms with Crippen LogP contribution in [-0.4, -0.2) is 40.6 Å². The van der Waals surface area contributed by atoms with Crippen LogP contribution in [0, 0.1) is 0 Å². The molecule has 0 heterocycles. The Morgan fingerprint density at radius 3 is 1.62 bits per heavy atom. The molecule has 0 aromatic heterocycles. The maximum atomic E-state index is 12.6. The van der Waals surface area contributed by atoms with Gasteiger partial charge in [-0.05, 0) is 6.42 Å². The lowest BCUT2D eigenvalue weighted by Crippen LogP contribution is -2.08. The van der Waals surface area contributed by atoms with E-state index in [0.717, 1.165) is 19.3 Å². The van der Waals surface area contributed by atoms with Crippen LogP contribution < -0.4 is 0 Å². The molecule has 0 radical (unpaired) electrons. The number of hydrogen-bond acceptors (Lipinski definition) is 3. The standard InChI is InChI=1S/C15H29O5P/c1-2-3-4-5-6-7-8-11-21(20,12-9-14(16)17)13-10-15(18)19/h2-13H2,1H3,(H,16,17)(H,18,19). The molecule has 0 fully saturated rings. The lowest BCUT2D eigenvalue weighted by molar-refractivity contribution is -0.137. The molecule has 0 saturated heterocycles. The minimum Gasteiger partial charge on any atom is -0.481 e. The van der Waals surface area contributed by atoms with Gasteiger partial charge in [-0.1, -0.05) is 45.4 Å². The zero-order valence-corrected chi connectivity index (χ0v) is 13.9. The van der Waals surface area contributed by atoms with Crippen molar-refractivity contribution in [3.8, 4) is 0 Å². The molecular formula is C15H29O5P. The summed E-state index contributed by atoms with van der Waals surface area (Å²) in [6, 6.07) is 0. The molecule has 124 valence electrons. The summed E-state index contributed by atoms with van der Waals surface area (Å²) in [6.07, 6.45) is 8.26. The quantitative estimate of drug-likeness (QED) is 0.372. The van der Waals surface area contributed by atoms with Crippen molar-refractivity contribution in [2.45, 2.75) is 64.7 Å². The lowest BCUT2D eigenvalue weighted by Gasteiger charge is -2.16. The van der Waals surface area contributed by atoms with E-state index in [-0.39, 0.29) is 25.2 Å². The SMILES string of the molecule is CCCCCCCCCP(=O)(CCC(=O)O)CCC(=O)O. The molecule has 2 N–H and O–H groups in total. The highest BCUT2D eigenvalue weighted by atomic mass is 31.2. The smallest absolute Gasteiger partial charge is 0.303 e. The molecule has 0 rings (SSSR count). The van der Waals surface area contributed by atoms with E-state index in [1.54, 1.807) is 0 Å². The Kier molecular flexibility index (Phi) is 11.3. The Bertz CT molecular complexity index is 332. The first-order valence-electron chi connectivity index (χ1n) is 7.90. The highest BCUT2D eigenvalue weighted by Gasteiger charge is 2.23. The van der Waals surface area contributed by atoms with Crippen molar-refractivity contribution in [3.05, 3.63) is 0 Å². The van der Waals surface area contributed by atoms with Crippen molar-refractivity contribution in [1.29, 1.82) is 0 Å². The molecule has 0 unspecified atom stereocenters. The molecule has 0 atom stereocenters. The first kappa shape index (κ1) is 20.2. The number of unbranched alkanes of at least 4 members (excludes halogenated alkanes) is 6. The zero-order valence-electron chi connectivity index (χ0n) is 13.1. The van der Waals surface area contributed by atoms with Crippen molar-refractivity contribution < 1.29 is 24.4 Å². The van der Waals surface area contributed by atoms with E-state index in [0.29, 0.717) is 6.16 Å². The molecule has 0 amide bonds. The Labute approximate surface area is 127 Å². The molecule has 0 saturated carbocycles. The number of carboxylic acids is 2. The van der Waals surface area contributed by atoms with Gasteiger partial charge in [-0.25, -0.2) is 0 Å². The third-order valence-corrected chi connectivity index (χ3v) is 6.84. The van der Waals surface area contributed by atoms with E-state index < -0.39 is 19.1 Å². The third kappa shape index (κ3) is 12.6. The van der Waals surface area contributed by atoms with Crippen LogP contribution in [0.4, 0.5) is 0 Å². The van der Waals surface area contributed by atoms with Crippen LogP contribution in [0.2, 0.25) is 0 Å². The van der Waals surface area contributed by atoms with Gasteiger partial charge >= 0.3 is 11.9 Å². The molecule has 0 aromatic rings. The van der Waals surface area contributed by atoms with Gasteiger partial charge in [-0.2, -0.15) is 0 Å². The van der Waals surface area contributed by atoms with Crippen molar-refractivity contribution in [2.24, 2.45) is 0 Å². The molecule has 6 heteroatoms. The molecule has 0 aliphatic carbocycles. The van der Waals surface area contributed by atoms with Crippen LogP contribution in [-0.2, 0) is 14.2 Å². The fraction of sp³-hybridized carbons (Fsp3) is 0.867. The summed E-state index contributed by atoms with van der Waals surface area (Å²) in [4.78, 5) is 21.2. The van der Waals surface area contributed by atoms with Crippen molar-refractivity contribution in [1.82, 2.24) is 0 Å². The highest BCUT2D eigenvalue weighted by Crippen LogP contribution is 2.47. The maximum absolute atomic E-state index is 12.6. The summed E-state index contributed by atoms with van der Waals surface area (Å²) < 4.78 is 12.6. The number of carboxylic acid groups (broad SMARTS) is 2. The van der Waals surface area contributed by atoms with Crippen molar-refractivity contribution >= 4 is 19.1 Å². The largest absolute Gasteiger partial charge is 0.481 e. The predicted octanol–water partition coefficient (Wildman–Crippen LogP) is 4.05. The second kappa shape index (κ2) is 11.8. The molecule has 21 heavy (non-hydrogen) atoms. The summed E-state index contributed by atoms with van der Waals surface area (Å²) in [7, 11) is -2.65. The summed E-state index contributed by atoms with van der Waals surface area (Å²) in [6.45, 7) is 2.17. The number of hydrogen-bond donors (Lipinski definition) is 2. The minimum absolute atomic E-state index is 0.130. The van der Waals surface area contributed by atoms with E-state index in [1.165, 1.54) is 25.7 Å². The topological polar surface area (TPSA) is 91.7 Å². The summed E-state index contributed by atoms with van der Waals surface area (Å²) >= 11 is 0. The first-order chi connectivity index (χ1) is 9.89. The monoisotopic (exact) mass is 320 g/mol. The van der Waals surface area contributed by atoms with Gasteiger partial charge in [0.05, 0.1) is 20.0 Å². The van der Waals surface area contributed by atoms with Gasteiger partial charge in [0, 0.05) is 18.5 Å². The predicted molar refractivity (Wildman–Crippen MR) is 84.7 cm³/mol. The Balaban J connectivity index is 4.05. The molecule has 0 aromatic carbocycles. The van der Waals surface area contributed by atoms with Crippen LogP contribution in [0.25, 0.3) is 0 Å². The second-order valence-electron chi connectivity index (χ2n) is 5.64. The van der Waals surface area contributed by atoms with Gasteiger partial charge in [0.15, 0.2) is 0 Å². The van der Waals surface area contributed by atoms with Crippen molar-refractivity contribution in [3.63, 3.8) is 0 Å². The maximum Gasteiger partial charge on any atom is 0.303 e. The Hall–Kier alpha value is -0.830. The minimum atomic E-state index is -2.65. The fourth-order valence-electron chi connectivity index (χ4n) is 2.29. The van der Waals surface area contributed by atoms with Crippen LogP contribution in [0.5, 0.6) is 0 Å². The molecule has 5 nitrogen and oxygen atoms in total. The fourth-order valence-corrected chi connectivity index (χ4v) is 4.96. The first-order valence-corrected chi connectivity index (χ1v) is 10.2. The zero-order chi connectivity index (χ0) is 16.1. The molecule has 0 bridgehead atoms. The van der Waals surface area contributed by atoms with Crippen LogP contribution >= 0.6 is 7.14 Å². The Morgan fingerprint density at radius 1 is 0.762 bits per heavy atom. The van der Waals surface area contributed by atoms with Crippen LogP contribution in [0.1, 0.15) is 64.7 Å². The highest BCUT2D eigenvalue weighted by molar-refractivity contribution is 7.63. The van der Waals surface area contributed by atoms with E-state index in [9.17, 15) is 14.2 Å². The Morgan fingerprint density at radius 2 is 1.19 bits per heavy atom. The van der Waals surface area contributed by atoms with Crippen LogP contribution in [0.3, 0.4) is 0 Å². The molecule has 0 aliphatic rings. The van der Waals surface area contributed by atoms with Gasteiger partial charge in [0.1, 0.15) is 0 Å². The van der Waals surface area contributed by atoms with E-state index >= 15 is 0 Å². The molecule has 0 spiro atoms. The number of aliphatic carboxylic acids is 2. The molecular weight excluding hydrogens is 291 g/mol. The van der Waals surface area contributed by atoms with E-state index in [2.05, 4.69) is 6.92 Å². The summed E-state index contributed by atoms with van der Waals surface area (Å²) in [5, 5.41) is 17.4. The van der Waals surface area contributed by atoms with E-state index in [1.807, 2.05) is 0 Å². The van der Waals surface area contributed by atoms with Crippen molar-refractivity contribution in [2.75, 3.05) is 18.5 Å². The normalized spacial score (nSPS) is 11.5. The van der Waals surface area contributed by atoms with Gasteiger partial charge in [0.2, 0.25) is 0 Å². The lowest BCUT2D eigenvalue weighted by atomic mass is 10.1. The van der Waals surface area contributed by atoms with E-state index in [4.69, 9.17) is 10.2 Å². The third-order valence-electron chi connectivity index (χ3n) is 3.64. The summed E-state index contributed by atoms with van der Waals surface area (Å²) in [5.41, 5.74) is 0. The number of rotatable bonds is 14. The van der Waals surface area contributed by atoms with Gasteiger partial charge in [0.25, 0.3) is 0 Å². The summed E-state index contributed by atoms with van der Waals surface area (Å²) in [5.74, 6) is -1.93.